The van der Waals surface area contributed by atoms with Crippen LogP contribution in [0.2, 0.25) is 0 Å². The second-order valence-electron chi connectivity index (χ2n) is 5.70. The highest BCUT2D eigenvalue weighted by molar-refractivity contribution is 8.13. The second-order valence-corrected chi connectivity index (χ2v) is 8.52. The van der Waals surface area contributed by atoms with Crippen molar-refractivity contribution in [3.63, 3.8) is 0 Å². The normalized spacial score (nSPS) is 31.2. The maximum atomic E-state index is 11.1. The molecular weight excluding hydrogens is 272 g/mol. The third-order valence-corrected chi connectivity index (χ3v) is 5.38. The molecule has 0 aromatic rings. The van der Waals surface area contributed by atoms with E-state index in [9.17, 15) is 8.42 Å². The van der Waals surface area contributed by atoms with Crippen molar-refractivity contribution in [3.05, 3.63) is 0 Å². The Morgan fingerprint density at radius 3 is 2.44 bits per heavy atom. The highest BCUT2D eigenvalue weighted by Crippen LogP contribution is 2.31. The molecule has 0 bridgehead atoms. The first-order valence-electron chi connectivity index (χ1n) is 6.85. The Labute approximate surface area is 116 Å². The van der Waals surface area contributed by atoms with E-state index >= 15 is 0 Å². The lowest BCUT2D eigenvalue weighted by atomic mass is 9.80. The Hall–Kier alpha value is 0.200. The van der Waals surface area contributed by atoms with Crippen LogP contribution in [0.3, 0.4) is 0 Å². The number of halogens is 1. The molecule has 3 nitrogen and oxygen atoms in total. The minimum absolute atomic E-state index is 0.0159. The van der Waals surface area contributed by atoms with Crippen LogP contribution in [0.1, 0.15) is 46.5 Å². The molecule has 4 unspecified atom stereocenters. The van der Waals surface area contributed by atoms with Crippen molar-refractivity contribution in [2.24, 2.45) is 17.8 Å². The summed E-state index contributed by atoms with van der Waals surface area (Å²) >= 11 is 0. The van der Waals surface area contributed by atoms with E-state index < -0.39 is 9.05 Å². The Balaban J connectivity index is 2.35. The summed E-state index contributed by atoms with van der Waals surface area (Å²) in [6.45, 7) is 7.03. The molecule has 1 aliphatic rings. The lowest BCUT2D eigenvalue weighted by Gasteiger charge is -2.32. The lowest BCUT2D eigenvalue weighted by Crippen LogP contribution is -2.29. The molecule has 0 aromatic carbocycles. The number of rotatable bonds is 6. The van der Waals surface area contributed by atoms with Gasteiger partial charge in [0.15, 0.2) is 0 Å². The van der Waals surface area contributed by atoms with Gasteiger partial charge in [0.25, 0.3) is 0 Å². The van der Waals surface area contributed by atoms with E-state index in [1.165, 1.54) is 6.42 Å². The standard InChI is InChI=1S/C13H25ClO3S/c1-4-12(9-18(14,15)16)8-17-13-6-5-10(2)11(3)7-13/h10-13H,4-9H2,1-3H3. The van der Waals surface area contributed by atoms with E-state index in [-0.39, 0.29) is 11.7 Å². The average molecular weight is 297 g/mol. The summed E-state index contributed by atoms with van der Waals surface area (Å²) in [5.74, 6) is 1.50. The number of hydrogen-bond donors (Lipinski definition) is 0. The predicted octanol–water partition coefficient (Wildman–Crippen LogP) is 3.42. The maximum absolute atomic E-state index is 11.1. The Bertz CT molecular complexity index is 342. The first-order chi connectivity index (χ1) is 8.31. The zero-order valence-corrected chi connectivity index (χ0v) is 13.1. The van der Waals surface area contributed by atoms with Gasteiger partial charge in [-0.25, -0.2) is 8.42 Å². The summed E-state index contributed by atoms with van der Waals surface area (Å²) in [7, 11) is 1.87. The largest absolute Gasteiger partial charge is 0.378 e. The van der Waals surface area contributed by atoms with Gasteiger partial charge in [0.1, 0.15) is 0 Å². The van der Waals surface area contributed by atoms with Crippen LogP contribution >= 0.6 is 10.7 Å². The van der Waals surface area contributed by atoms with Crippen molar-refractivity contribution in [1.29, 1.82) is 0 Å². The van der Waals surface area contributed by atoms with E-state index in [2.05, 4.69) is 13.8 Å². The van der Waals surface area contributed by atoms with Gasteiger partial charge in [-0.2, -0.15) is 0 Å². The molecule has 18 heavy (non-hydrogen) atoms. The van der Waals surface area contributed by atoms with Gasteiger partial charge in [-0.15, -0.1) is 0 Å². The molecule has 0 N–H and O–H groups in total. The molecule has 108 valence electrons. The summed E-state index contributed by atoms with van der Waals surface area (Å²) in [6.07, 6.45) is 4.46. The third-order valence-electron chi connectivity index (χ3n) is 4.13. The SMILES string of the molecule is CCC(COC1CCC(C)C(C)C1)CS(=O)(=O)Cl. The molecule has 0 radical (unpaired) electrons. The Kier molecular flexibility index (Phi) is 6.42. The molecule has 4 atom stereocenters. The maximum Gasteiger partial charge on any atom is 0.232 e. The molecule has 1 aliphatic carbocycles. The summed E-state index contributed by atoms with van der Waals surface area (Å²) in [6, 6.07) is 0. The molecular formula is C13H25ClO3S. The van der Waals surface area contributed by atoms with Gasteiger partial charge in [-0.3, -0.25) is 0 Å². The van der Waals surface area contributed by atoms with Crippen molar-refractivity contribution < 1.29 is 13.2 Å². The molecule has 0 spiro atoms. The molecule has 0 amide bonds. The molecule has 0 heterocycles. The quantitative estimate of drug-likeness (QED) is 0.705. The van der Waals surface area contributed by atoms with Crippen molar-refractivity contribution >= 4 is 19.7 Å². The average Bonchev–Trinajstić information content (AvgIpc) is 2.27. The fraction of sp³-hybridized carbons (Fsp3) is 1.00. The van der Waals surface area contributed by atoms with Gasteiger partial charge in [-0.1, -0.05) is 27.2 Å². The van der Waals surface area contributed by atoms with Crippen molar-refractivity contribution in [2.45, 2.75) is 52.6 Å². The van der Waals surface area contributed by atoms with Crippen LogP contribution in [0.4, 0.5) is 0 Å². The smallest absolute Gasteiger partial charge is 0.232 e. The summed E-state index contributed by atoms with van der Waals surface area (Å²) < 4.78 is 28.0. The van der Waals surface area contributed by atoms with Crippen LogP contribution in [0, 0.1) is 17.8 Å². The van der Waals surface area contributed by atoms with E-state index in [1.54, 1.807) is 0 Å². The Morgan fingerprint density at radius 1 is 1.28 bits per heavy atom. The first kappa shape index (κ1) is 16.3. The van der Waals surface area contributed by atoms with E-state index in [0.717, 1.165) is 25.2 Å². The van der Waals surface area contributed by atoms with Gasteiger partial charge < -0.3 is 4.74 Å². The van der Waals surface area contributed by atoms with Crippen molar-refractivity contribution in [2.75, 3.05) is 12.4 Å². The van der Waals surface area contributed by atoms with E-state index in [4.69, 9.17) is 15.4 Å². The molecule has 1 rings (SSSR count). The molecule has 0 saturated heterocycles. The molecule has 0 aliphatic heterocycles. The van der Waals surface area contributed by atoms with Crippen molar-refractivity contribution in [3.8, 4) is 0 Å². The third kappa shape index (κ3) is 5.89. The van der Waals surface area contributed by atoms with E-state index in [1.807, 2.05) is 6.92 Å². The highest BCUT2D eigenvalue weighted by Gasteiger charge is 2.26. The molecule has 1 fully saturated rings. The minimum Gasteiger partial charge on any atom is -0.378 e. The van der Waals surface area contributed by atoms with Crippen LogP contribution < -0.4 is 0 Å². The predicted molar refractivity (Wildman–Crippen MR) is 75.3 cm³/mol. The fourth-order valence-corrected chi connectivity index (χ4v) is 3.92. The lowest BCUT2D eigenvalue weighted by molar-refractivity contribution is -0.0115. The van der Waals surface area contributed by atoms with Crippen LogP contribution in [0.5, 0.6) is 0 Å². The monoisotopic (exact) mass is 296 g/mol. The number of ether oxygens (including phenoxy) is 1. The first-order valence-corrected chi connectivity index (χ1v) is 9.33. The van der Waals surface area contributed by atoms with Crippen LogP contribution in [0.25, 0.3) is 0 Å². The van der Waals surface area contributed by atoms with Crippen molar-refractivity contribution in [1.82, 2.24) is 0 Å². The van der Waals surface area contributed by atoms with Gasteiger partial charge in [0.2, 0.25) is 9.05 Å². The second kappa shape index (κ2) is 7.11. The number of hydrogen-bond acceptors (Lipinski definition) is 3. The van der Waals surface area contributed by atoms with E-state index in [0.29, 0.717) is 18.6 Å². The molecule has 1 saturated carbocycles. The molecule has 0 aromatic heterocycles. The van der Waals surface area contributed by atoms with Gasteiger partial charge in [0.05, 0.1) is 18.5 Å². The topological polar surface area (TPSA) is 43.4 Å². The van der Waals surface area contributed by atoms with Crippen LogP contribution in [-0.2, 0) is 13.8 Å². The van der Waals surface area contributed by atoms with Gasteiger partial charge >= 0.3 is 0 Å². The van der Waals surface area contributed by atoms with Crippen LogP contribution in [0.15, 0.2) is 0 Å². The van der Waals surface area contributed by atoms with Gasteiger partial charge in [0, 0.05) is 10.7 Å². The zero-order chi connectivity index (χ0) is 13.8. The fourth-order valence-electron chi connectivity index (χ4n) is 2.49. The summed E-state index contributed by atoms with van der Waals surface area (Å²) in [5, 5.41) is 0. The zero-order valence-electron chi connectivity index (χ0n) is 11.6. The van der Waals surface area contributed by atoms with Crippen LogP contribution in [-0.4, -0.2) is 26.9 Å². The Morgan fingerprint density at radius 2 is 1.94 bits per heavy atom. The van der Waals surface area contributed by atoms with Gasteiger partial charge in [-0.05, 0) is 37.0 Å². The summed E-state index contributed by atoms with van der Waals surface area (Å²) in [5.41, 5.74) is 0. The molecule has 5 heteroatoms. The minimum atomic E-state index is -3.42. The summed E-state index contributed by atoms with van der Waals surface area (Å²) in [4.78, 5) is 0. The highest BCUT2D eigenvalue weighted by atomic mass is 35.7.